The molecule has 5 fully saturated rings. The number of hydrogen-bond acceptors (Lipinski definition) is 23. The molecule has 3 aromatic heterocycles. The number of pyridine rings is 1. The summed E-state index contributed by atoms with van der Waals surface area (Å²) in [6, 6.07) is 24.7. The number of rotatable bonds is 34. The number of alkyl carbamates (subject to hydrolysis) is 1. The van der Waals surface area contributed by atoms with Crippen molar-refractivity contribution in [2.45, 2.75) is 147 Å². The zero-order chi connectivity index (χ0) is 76.9. The molecule has 5 heterocycles. The van der Waals surface area contributed by atoms with Gasteiger partial charge in [-0.3, -0.25) is 43.4 Å². The first kappa shape index (κ1) is 77.8. The van der Waals surface area contributed by atoms with Crippen molar-refractivity contribution in [2.75, 3.05) is 57.1 Å². The van der Waals surface area contributed by atoms with Gasteiger partial charge in [0, 0.05) is 90.9 Å². The van der Waals surface area contributed by atoms with Crippen molar-refractivity contribution in [3.8, 4) is 33.9 Å². The number of thiazole rings is 1. The molecule has 4 aliphatic carbocycles. The van der Waals surface area contributed by atoms with Gasteiger partial charge < -0.3 is 69.9 Å². The molecule has 7 aromatic rings. The van der Waals surface area contributed by atoms with Gasteiger partial charge >= 0.3 is 18.0 Å². The molecule has 13 rings (SSSR count). The maximum absolute atomic E-state index is 13.8. The van der Waals surface area contributed by atoms with E-state index >= 15 is 0 Å². The molecule has 108 heavy (non-hydrogen) atoms. The van der Waals surface area contributed by atoms with E-state index in [0.717, 1.165) is 76.9 Å². The monoisotopic (exact) mass is 1530 g/mol. The molecule has 1 saturated heterocycles. The highest BCUT2D eigenvalue weighted by atomic mass is 32.2. The molecule has 33 heteroatoms. The van der Waals surface area contributed by atoms with E-state index in [2.05, 4.69) is 40.1 Å². The number of fused-ring (bicyclic) bond motifs is 2. The highest BCUT2D eigenvalue weighted by Crippen LogP contribution is 2.72. The van der Waals surface area contributed by atoms with Gasteiger partial charge in [0.25, 0.3) is 27.8 Å². The molecule has 2 aliphatic heterocycles. The number of carboxylic acids is 2. The van der Waals surface area contributed by atoms with Crippen molar-refractivity contribution in [3.05, 3.63) is 132 Å². The number of carbonyl (C=O) groups is 8. The standard InChI is InChI=1S/C75H85N9O22S2/c1-43-51(48-20-21-52(80-60(48)67(93)94)45-17-16-44-11-9-12-49(50(44)31-45)65(91)82-70-81-53-13-6-7-14-56(53)107-70)33-78-84(43)42-74-37-72(2)36-73(3,38-74)40-75(39-72,41-74)104-27-10-24-77-71(97)103-34-46-18-19-47(105-69-63(90)61(88)62(89)64(106-69)68(95)96)32-55(46)102-30-29-101-28-25-76-66(92)54(35-108(98,99)100)79-57(85)15-5-4-8-26-83-58(86)22-23-59(83)87/h6-7,9,11-14,16-23,31-33,54,61-64,69,88-90H,4-5,8,10,15,24-30,34-42H2,1-3H3,(H,76,92)(H,77,97)(H,79,85)(H,93,94)(H,95,96)(H,81,82,91)(H,98,99,100)/t54-,61-,62-,63+,64-,69+,72?,73?,74?,75?/m0/s1. The predicted octanol–water partition coefficient (Wildman–Crippen LogP) is 6.73. The molecule has 4 aromatic carbocycles. The lowest BCUT2D eigenvalue weighted by molar-refractivity contribution is -0.271. The number of benzene rings is 4. The second-order valence-electron chi connectivity index (χ2n) is 29.2. The first-order valence-electron chi connectivity index (χ1n) is 35.5. The fourth-order valence-corrected chi connectivity index (χ4v) is 18.2. The van der Waals surface area contributed by atoms with Crippen LogP contribution >= 0.6 is 11.3 Å². The van der Waals surface area contributed by atoms with Crippen molar-refractivity contribution in [3.63, 3.8) is 0 Å². The van der Waals surface area contributed by atoms with E-state index in [0.29, 0.717) is 76.4 Å². The van der Waals surface area contributed by atoms with Gasteiger partial charge in [-0.25, -0.2) is 24.4 Å². The van der Waals surface area contributed by atoms with Crippen LogP contribution in [0.5, 0.6) is 11.5 Å². The Hall–Kier alpha value is -9.84. The molecule has 6 aliphatic rings. The summed E-state index contributed by atoms with van der Waals surface area (Å²) in [6.07, 6.45) is 0.536. The molecule has 8 atom stereocenters. The Morgan fingerprint density at radius 3 is 2.28 bits per heavy atom. The topological polar surface area (TPSA) is 442 Å². The van der Waals surface area contributed by atoms with Crippen LogP contribution in [-0.4, -0.2) is 205 Å². The van der Waals surface area contributed by atoms with E-state index in [1.54, 1.807) is 24.4 Å². The number of nitrogens with zero attached hydrogens (tertiary/aromatic N) is 5. The minimum absolute atomic E-state index is 0.0356. The molecule has 2 unspecified atom stereocenters. The highest BCUT2D eigenvalue weighted by molar-refractivity contribution is 7.85. The Morgan fingerprint density at radius 1 is 0.769 bits per heavy atom. The van der Waals surface area contributed by atoms with E-state index in [1.165, 1.54) is 29.5 Å². The van der Waals surface area contributed by atoms with Crippen LogP contribution in [0.4, 0.5) is 9.93 Å². The Kier molecular flexibility index (Phi) is 23.4. The number of aromatic nitrogens is 4. The largest absolute Gasteiger partial charge is 0.491 e. The van der Waals surface area contributed by atoms with Gasteiger partial charge in [-0.2, -0.15) is 13.5 Å². The predicted molar refractivity (Wildman–Crippen MR) is 389 cm³/mol. The maximum atomic E-state index is 13.8. The zero-order valence-corrected chi connectivity index (χ0v) is 61.1. The van der Waals surface area contributed by atoms with E-state index in [9.17, 15) is 76.9 Å². The lowest BCUT2D eigenvalue weighted by atomic mass is 9.39. The quantitative estimate of drug-likeness (QED) is 0.0113. The van der Waals surface area contributed by atoms with Crippen LogP contribution in [0, 0.1) is 23.2 Å². The van der Waals surface area contributed by atoms with E-state index in [1.807, 2.05) is 66.2 Å². The van der Waals surface area contributed by atoms with Crippen LogP contribution in [-0.2, 0) is 66.2 Å². The molecule has 574 valence electrons. The third-order valence-electron chi connectivity index (χ3n) is 20.3. The summed E-state index contributed by atoms with van der Waals surface area (Å²) in [5.41, 5.74) is 3.53. The van der Waals surface area contributed by atoms with Crippen molar-refractivity contribution in [2.24, 2.45) is 16.2 Å². The molecule has 6 amide bonds. The SMILES string of the molecule is Cc1c(-c2ccc(-c3ccc4cccc(C(=O)Nc5nc6ccccc6s5)c4c3)nc2C(=O)O)cnn1CC12CC3(C)CC(C)(C1)CC(OCCCNC(=O)OCc1ccc(O[C@@H]4O[C@H](C(=O)O)[C@@H](O)[C@H](O)[C@H]4O)cc1OCCOCCNC(=O)[C@H](CS(=O)(=O)O)NC(=O)CCCCCN1C(=O)C=CC1=O)(C3)C2. The number of ether oxygens (including phenoxy) is 6. The van der Waals surface area contributed by atoms with Crippen molar-refractivity contribution in [1.29, 1.82) is 0 Å². The molecule has 4 bridgehead atoms. The smallest absolute Gasteiger partial charge is 0.407 e. The van der Waals surface area contributed by atoms with E-state index in [-0.39, 0.29) is 98.2 Å². The maximum Gasteiger partial charge on any atom is 0.407 e. The highest BCUT2D eigenvalue weighted by Gasteiger charge is 2.66. The molecule has 4 saturated carbocycles. The average Bonchev–Trinajstić information content (AvgIpc) is 0.694. The summed E-state index contributed by atoms with van der Waals surface area (Å²) < 4.78 is 71.3. The lowest BCUT2D eigenvalue weighted by Gasteiger charge is -2.69. The fraction of sp³-hybridized carbons (Fsp3) is 0.453. The molecule has 10 N–H and O–H groups in total. The lowest BCUT2D eigenvalue weighted by Crippen LogP contribution is -2.64. The number of imide groups is 1. The van der Waals surface area contributed by atoms with E-state index in [4.69, 9.17) is 38.5 Å². The number of hydrogen-bond donors (Lipinski definition) is 10. The summed E-state index contributed by atoms with van der Waals surface area (Å²) in [5.74, 6) is -6.79. The first-order chi connectivity index (χ1) is 51.5. The number of unbranched alkanes of at least 4 members (excludes halogenated alkanes) is 2. The zero-order valence-electron chi connectivity index (χ0n) is 59.5. The van der Waals surface area contributed by atoms with Crippen LogP contribution in [0.1, 0.15) is 117 Å². The number of carboxylic acid groups (broad SMARTS) is 2. The van der Waals surface area contributed by atoms with Crippen LogP contribution in [0.2, 0.25) is 0 Å². The summed E-state index contributed by atoms with van der Waals surface area (Å²) in [4.78, 5) is 112. The van der Waals surface area contributed by atoms with Gasteiger partial charge in [-0.05, 0) is 140 Å². The van der Waals surface area contributed by atoms with Crippen LogP contribution < -0.4 is 30.7 Å². The second-order valence-corrected chi connectivity index (χ2v) is 31.7. The second kappa shape index (κ2) is 32.5. The Balaban J connectivity index is 0.633. The Morgan fingerprint density at radius 2 is 1.54 bits per heavy atom. The molecule has 31 nitrogen and oxygen atoms in total. The number of amides is 6. The van der Waals surface area contributed by atoms with Gasteiger partial charge in [-0.1, -0.05) is 68.0 Å². The minimum Gasteiger partial charge on any atom is -0.491 e. The van der Waals surface area contributed by atoms with Crippen LogP contribution in [0.3, 0.4) is 0 Å². The van der Waals surface area contributed by atoms with Crippen molar-refractivity contribution in [1.82, 2.24) is 40.6 Å². The molecular formula is C75H85N9O22S2. The van der Waals surface area contributed by atoms with Gasteiger partial charge in [0.15, 0.2) is 16.9 Å². The van der Waals surface area contributed by atoms with Gasteiger partial charge in [0.2, 0.25) is 18.1 Å². The third-order valence-corrected chi connectivity index (χ3v) is 22.0. The van der Waals surface area contributed by atoms with Gasteiger partial charge in [-0.15, -0.1) is 0 Å². The number of para-hydroxylation sites is 1. The number of aromatic carboxylic acids is 1. The number of anilines is 1. The van der Waals surface area contributed by atoms with Crippen LogP contribution in [0.25, 0.3) is 43.4 Å². The van der Waals surface area contributed by atoms with Crippen molar-refractivity contribution < 1.29 is 105 Å². The number of carbonyl (C=O) groups excluding carboxylic acids is 6. The number of nitrogens with one attached hydrogen (secondary N) is 4. The first-order valence-corrected chi connectivity index (χ1v) is 37.9. The molecule has 0 radical (unpaired) electrons. The van der Waals surface area contributed by atoms with Crippen molar-refractivity contribution >= 4 is 95.1 Å². The van der Waals surface area contributed by atoms with E-state index < -0.39 is 99.9 Å². The summed E-state index contributed by atoms with van der Waals surface area (Å²) >= 11 is 1.38. The van der Waals surface area contributed by atoms with Gasteiger partial charge in [0.05, 0.1) is 40.9 Å². The number of aliphatic hydroxyl groups excluding tert-OH is 3. The number of aliphatic carboxylic acids is 1. The molecular weight excluding hydrogens is 1440 g/mol. The van der Waals surface area contributed by atoms with Crippen LogP contribution in [0.15, 0.2) is 109 Å². The third kappa shape index (κ3) is 18.3. The Labute approximate surface area is 624 Å². The normalized spacial score (nSPS) is 23.9. The summed E-state index contributed by atoms with van der Waals surface area (Å²) in [6.45, 7) is 6.85. The summed E-state index contributed by atoms with van der Waals surface area (Å²) in [7, 11) is -4.74. The minimum atomic E-state index is -4.74. The Bertz CT molecular complexity index is 4690. The molecule has 0 spiro atoms. The van der Waals surface area contributed by atoms with Gasteiger partial charge in [0.1, 0.15) is 54.8 Å². The number of aliphatic hydroxyl groups is 3. The average molecular weight is 1530 g/mol. The fourth-order valence-electron chi connectivity index (χ4n) is 16.7. The summed E-state index contributed by atoms with van der Waals surface area (Å²) in [5, 5.41) is 69.0.